The van der Waals surface area contributed by atoms with Crippen molar-refractivity contribution in [1.82, 2.24) is 0 Å². The number of hydrogen-bond donors (Lipinski definition) is 0. The van der Waals surface area contributed by atoms with E-state index >= 15 is 0 Å². The maximum absolute atomic E-state index is 5.49. The monoisotopic (exact) mass is 256 g/mol. The van der Waals surface area contributed by atoms with Gasteiger partial charge in [0.05, 0.1) is 12.7 Å². The van der Waals surface area contributed by atoms with Crippen LogP contribution in [0.1, 0.15) is 19.4 Å². The Kier molecular flexibility index (Phi) is 3.91. The zero-order valence-electron chi connectivity index (χ0n) is 11.9. The van der Waals surface area contributed by atoms with Gasteiger partial charge in [-0.1, -0.05) is 42.5 Å². The van der Waals surface area contributed by atoms with E-state index in [0.717, 1.165) is 22.4 Å². The van der Waals surface area contributed by atoms with Crippen molar-refractivity contribution in [2.75, 3.05) is 14.2 Å². The van der Waals surface area contributed by atoms with Gasteiger partial charge in [0.15, 0.2) is 0 Å². The van der Waals surface area contributed by atoms with Crippen molar-refractivity contribution in [2.45, 2.75) is 19.4 Å². The van der Waals surface area contributed by atoms with Crippen LogP contribution in [0.3, 0.4) is 0 Å². The van der Waals surface area contributed by atoms with Crippen LogP contribution in [0.15, 0.2) is 48.5 Å². The summed E-state index contributed by atoms with van der Waals surface area (Å²) in [6.45, 7) is 4.12. The molecule has 0 atom stereocenters. The molecule has 0 spiro atoms. The van der Waals surface area contributed by atoms with E-state index in [2.05, 4.69) is 44.2 Å². The molecule has 2 rings (SSSR count). The highest BCUT2D eigenvalue weighted by Gasteiger charge is 2.19. The van der Waals surface area contributed by atoms with Crippen molar-refractivity contribution >= 4 is 0 Å². The van der Waals surface area contributed by atoms with Crippen molar-refractivity contribution in [3.8, 4) is 16.9 Å². The lowest BCUT2D eigenvalue weighted by Gasteiger charge is -2.23. The molecule has 0 saturated heterocycles. The molecule has 2 heteroatoms. The van der Waals surface area contributed by atoms with E-state index in [4.69, 9.17) is 9.47 Å². The standard InChI is InChI=1S/C17H20O2/c1-17(2,19-4)14-11-9-13(10-12-14)15-7-5-6-8-16(15)18-3/h5-12H,1-4H3. The van der Waals surface area contributed by atoms with E-state index in [1.54, 1.807) is 14.2 Å². The molecule has 100 valence electrons. The molecule has 0 radical (unpaired) electrons. The van der Waals surface area contributed by atoms with Gasteiger partial charge in [0.25, 0.3) is 0 Å². The highest BCUT2D eigenvalue weighted by Crippen LogP contribution is 2.31. The van der Waals surface area contributed by atoms with Gasteiger partial charge < -0.3 is 9.47 Å². The minimum atomic E-state index is -0.265. The van der Waals surface area contributed by atoms with Crippen LogP contribution in [0.2, 0.25) is 0 Å². The maximum atomic E-state index is 5.49. The van der Waals surface area contributed by atoms with Gasteiger partial charge in [-0.3, -0.25) is 0 Å². The summed E-state index contributed by atoms with van der Waals surface area (Å²) in [5.41, 5.74) is 3.15. The summed E-state index contributed by atoms with van der Waals surface area (Å²) in [7, 11) is 3.43. The van der Waals surface area contributed by atoms with Crippen LogP contribution in [0.4, 0.5) is 0 Å². The summed E-state index contributed by atoms with van der Waals surface area (Å²) in [6, 6.07) is 16.5. The molecule has 0 fully saturated rings. The van der Waals surface area contributed by atoms with Gasteiger partial charge in [0, 0.05) is 12.7 Å². The second kappa shape index (κ2) is 5.45. The molecule has 19 heavy (non-hydrogen) atoms. The number of benzene rings is 2. The first-order chi connectivity index (χ1) is 9.08. The zero-order valence-corrected chi connectivity index (χ0v) is 11.9. The molecule has 0 amide bonds. The average Bonchev–Trinajstić information content (AvgIpc) is 2.47. The normalized spacial score (nSPS) is 11.4. The lowest BCUT2D eigenvalue weighted by atomic mass is 9.95. The fraction of sp³-hybridized carbons (Fsp3) is 0.294. The van der Waals surface area contributed by atoms with Crippen LogP contribution in [-0.4, -0.2) is 14.2 Å². The second-order valence-corrected chi connectivity index (χ2v) is 4.99. The van der Waals surface area contributed by atoms with Crippen molar-refractivity contribution in [3.05, 3.63) is 54.1 Å². The Hall–Kier alpha value is -1.80. The fourth-order valence-corrected chi connectivity index (χ4v) is 2.05. The van der Waals surface area contributed by atoms with Crippen LogP contribution in [0.25, 0.3) is 11.1 Å². The molecule has 0 N–H and O–H groups in total. The zero-order chi connectivity index (χ0) is 13.9. The van der Waals surface area contributed by atoms with Crippen molar-refractivity contribution in [2.24, 2.45) is 0 Å². The molecule has 0 aromatic heterocycles. The molecule has 2 nitrogen and oxygen atoms in total. The Balaban J connectivity index is 2.38. The summed E-state index contributed by atoms with van der Waals surface area (Å²) < 4.78 is 10.9. The first-order valence-corrected chi connectivity index (χ1v) is 6.37. The Morgan fingerprint density at radius 3 is 2.05 bits per heavy atom. The second-order valence-electron chi connectivity index (χ2n) is 4.99. The largest absolute Gasteiger partial charge is 0.496 e. The SMILES string of the molecule is COc1ccccc1-c1ccc(C(C)(C)OC)cc1. The summed E-state index contributed by atoms with van der Waals surface area (Å²) in [5.74, 6) is 0.890. The average molecular weight is 256 g/mol. The van der Waals surface area contributed by atoms with Crippen LogP contribution in [0.5, 0.6) is 5.75 Å². The first-order valence-electron chi connectivity index (χ1n) is 6.37. The van der Waals surface area contributed by atoms with Crippen LogP contribution in [0, 0.1) is 0 Å². The highest BCUT2D eigenvalue weighted by molar-refractivity contribution is 5.70. The third-order valence-corrected chi connectivity index (χ3v) is 3.51. The smallest absolute Gasteiger partial charge is 0.126 e. The van der Waals surface area contributed by atoms with Crippen LogP contribution >= 0.6 is 0 Å². The van der Waals surface area contributed by atoms with E-state index in [1.807, 2.05) is 18.2 Å². The van der Waals surface area contributed by atoms with E-state index in [1.165, 1.54) is 0 Å². The van der Waals surface area contributed by atoms with Gasteiger partial charge in [0.2, 0.25) is 0 Å². The quantitative estimate of drug-likeness (QED) is 0.814. The van der Waals surface area contributed by atoms with Crippen LogP contribution < -0.4 is 4.74 Å². The predicted molar refractivity (Wildman–Crippen MR) is 78.5 cm³/mol. The maximum Gasteiger partial charge on any atom is 0.126 e. The molecule has 0 bridgehead atoms. The fourth-order valence-electron chi connectivity index (χ4n) is 2.05. The van der Waals surface area contributed by atoms with E-state index in [-0.39, 0.29) is 5.60 Å². The number of para-hydroxylation sites is 1. The highest BCUT2D eigenvalue weighted by atomic mass is 16.5. The van der Waals surface area contributed by atoms with E-state index in [9.17, 15) is 0 Å². The Morgan fingerprint density at radius 2 is 1.47 bits per heavy atom. The number of rotatable bonds is 4. The third kappa shape index (κ3) is 2.79. The summed E-state index contributed by atoms with van der Waals surface area (Å²) in [5, 5.41) is 0. The minimum absolute atomic E-state index is 0.265. The molecule has 2 aromatic carbocycles. The molecule has 2 aromatic rings. The topological polar surface area (TPSA) is 18.5 Å². The Bertz CT molecular complexity index is 541. The van der Waals surface area contributed by atoms with Gasteiger partial charge >= 0.3 is 0 Å². The first kappa shape index (κ1) is 13.6. The van der Waals surface area contributed by atoms with Crippen molar-refractivity contribution in [3.63, 3.8) is 0 Å². The summed E-state index contributed by atoms with van der Waals surface area (Å²) >= 11 is 0. The van der Waals surface area contributed by atoms with Crippen molar-refractivity contribution < 1.29 is 9.47 Å². The molecule has 0 unspecified atom stereocenters. The van der Waals surface area contributed by atoms with Gasteiger partial charge in [0.1, 0.15) is 5.75 Å². The number of ether oxygens (including phenoxy) is 2. The lowest BCUT2D eigenvalue weighted by Crippen LogP contribution is -2.19. The minimum Gasteiger partial charge on any atom is -0.496 e. The molecular weight excluding hydrogens is 236 g/mol. The van der Waals surface area contributed by atoms with Crippen molar-refractivity contribution in [1.29, 1.82) is 0 Å². The summed E-state index contributed by atoms with van der Waals surface area (Å²) in [4.78, 5) is 0. The van der Waals surface area contributed by atoms with Gasteiger partial charge in [-0.05, 0) is 31.0 Å². The van der Waals surface area contributed by atoms with Crippen LogP contribution in [-0.2, 0) is 10.3 Å². The Labute approximate surface area is 115 Å². The molecule has 0 heterocycles. The van der Waals surface area contributed by atoms with Gasteiger partial charge in [-0.2, -0.15) is 0 Å². The Morgan fingerprint density at radius 1 is 0.842 bits per heavy atom. The van der Waals surface area contributed by atoms with E-state index in [0.29, 0.717) is 0 Å². The predicted octanol–water partition coefficient (Wildman–Crippen LogP) is 4.24. The van der Waals surface area contributed by atoms with Gasteiger partial charge in [-0.25, -0.2) is 0 Å². The lowest BCUT2D eigenvalue weighted by molar-refractivity contribution is 0.0192. The number of methoxy groups -OCH3 is 2. The van der Waals surface area contributed by atoms with Gasteiger partial charge in [-0.15, -0.1) is 0 Å². The molecule has 0 aliphatic heterocycles. The molecule has 0 saturated carbocycles. The number of hydrogen-bond acceptors (Lipinski definition) is 2. The molecule has 0 aliphatic rings. The molecule has 0 aliphatic carbocycles. The third-order valence-electron chi connectivity index (χ3n) is 3.51. The summed E-state index contributed by atoms with van der Waals surface area (Å²) in [6.07, 6.45) is 0. The van der Waals surface area contributed by atoms with E-state index < -0.39 is 0 Å². The molecular formula is C17H20O2.